The first-order valence-corrected chi connectivity index (χ1v) is 5.37. The summed E-state index contributed by atoms with van der Waals surface area (Å²) >= 11 is 0. The van der Waals surface area contributed by atoms with E-state index >= 15 is 0 Å². The molecular weight excluding hydrogens is 214 g/mol. The first-order chi connectivity index (χ1) is 7.60. The van der Waals surface area contributed by atoms with E-state index in [4.69, 9.17) is 24.8 Å². The lowest BCUT2D eigenvalue weighted by molar-refractivity contribution is -0.0165. The molecule has 0 radical (unpaired) electrons. The molecular formula is C10H23NO5. The van der Waals surface area contributed by atoms with Gasteiger partial charge in [0.15, 0.2) is 0 Å². The molecule has 0 amide bonds. The summed E-state index contributed by atoms with van der Waals surface area (Å²) < 4.78 is 10.4. The Labute approximate surface area is 96.2 Å². The highest BCUT2D eigenvalue weighted by atomic mass is 16.5. The highest BCUT2D eigenvalue weighted by Gasteiger charge is 2.26. The molecule has 0 aliphatic heterocycles. The Balaban J connectivity index is 3.55. The molecule has 0 saturated carbocycles. The lowest BCUT2D eigenvalue weighted by Gasteiger charge is -2.28. The number of hydrogen-bond donors (Lipinski definition) is 4. The van der Waals surface area contributed by atoms with E-state index in [2.05, 4.69) is 5.32 Å². The number of nitrogens with one attached hydrogen (secondary N) is 1. The molecule has 0 rings (SSSR count). The Kier molecular flexibility index (Phi) is 8.73. The minimum absolute atomic E-state index is 0.142. The molecule has 0 aromatic carbocycles. The Morgan fingerprint density at radius 1 is 1.06 bits per heavy atom. The van der Waals surface area contributed by atoms with Crippen LogP contribution >= 0.6 is 0 Å². The van der Waals surface area contributed by atoms with Crippen LogP contribution in [0.15, 0.2) is 0 Å². The third-order valence-electron chi connectivity index (χ3n) is 2.14. The van der Waals surface area contributed by atoms with Crippen molar-refractivity contribution in [2.24, 2.45) is 0 Å². The minimum atomic E-state index is -1.08. The van der Waals surface area contributed by atoms with Crippen LogP contribution in [0.3, 0.4) is 0 Å². The molecule has 0 atom stereocenters. The molecule has 6 nitrogen and oxygen atoms in total. The van der Waals surface area contributed by atoms with Crippen molar-refractivity contribution >= 4 is 0 Å². The lowest BCUT2D eigenvalue weighted by atomic mass is 10.0. The van der Waals surface area contributed by atoms with Crippen molar-refractivity contribution in [2.45, 2.75) is 25.5 Å². The SMILES string of the molecule is CC(C)OCCOCNC(CO)(CO)CO. The van der Waals surface area contributed by atoms with Gasteiger partial charge in [-0.1, -0.05) is 0 Å². The average molecular weight is 237 g/mol. The van der Waals surface area contributed by atoms with Crippen LogP contribution in [0, 0.1) is 0 Å². The molecule has 0 bridgehead atoms. The van der Waals surface area contributed by atoms with Crippen molar-refractivity contribution < 1.29 is 24.8 Å². The van der Waals surface area contributed by atoms with Crippen LogP contribution in [-0.2, 0) is 9.47 Å². The molecule has 16 heavy (non-hydrogen) atoms. The highest BCUT2D eigenvalue weighted by Crippen LogP contribution is 2.00. The van der Waals surface area contributed by atoms with Gasteiger partial charge in [-0.2, -0.15) is 0 Å². The van der Waals surface area contributed by atoms with E-state index in [1.165, 1.54) is 0 Å². The summed E-state index contributed by atoms with van der Waals surface area (Å²) in [5, 5.41) is 29.7. The smallest absolute Gasteiger partial charge is 0.0972 e. The summed E-state index contributed by atoms with van der Waals surface area (Å²) in [7, 11) is 0. The maximum atomic E-state index is 8.99. The van der Waals surface area contributed by atoms with Gasteiger partial charge in [0, 0.05) is 0 Å². The van der Waals surface area contributed by atoms with Gasteiger partial charge >= 0.3 is 0 Å². The summed E-state index contributed by atoms with van der Waals surface area (Å²) in [6.45, 7) is 3.86. The molecule has 0 aromatic heterocycles. The number of ether oxygens (including phenoxy) is 2. The fourth-order valence-electron chi connectivity index (χ4n) is 0.937. The van der Waals surface area contributed by atoms with Crippen LogP contribution in [-0.4, -0.2) is 66.7 Å². The van der Waals surface area contributed by atoms with E-state index < -0.39 is 5.54 Å². The molecule has 0 heterocycles. The normalized spacial score (nSPS) is 12.4. The molecule has 0 unspecified atom stereocenters. The molecule has 98 valence electrons. The summed E-state index contributed by atoms with van der Waals surface area (Å²) in [6, 6.07) is 0. The van der Waals surface area contributed by atoms with E-state index in [0.717, 1.165) is 0 Å². The second-order valence-corrected chi connectivity index (χ2v) is 3.90. The van der Waals surface area contributed by atoms with Crippen molar-refractivity contribution in [3.8, 4) is 0 Å². The molecule has 0 aromatic rings. The Morgan fingerprint density at radius 2 is 1.62 bits per heavy atom. The largest absolute Gasteiger partial charge is 0.394 e. The van der Waals surface area contributed by atoms with Crippen LogP contribution in [0.5, 0.6) is 0 Å². The highest BCUT2D eigenvalue weighted by molar-refractivity contribution is 4.84. The Morgan fingerprint density at radius 3 is 2.06 bits per heavy atom. The standard InChI is InChI=1S/C10H23NO5/c1-9(2)16-4-3-15-8-11-10(5-12,6-13)7-14/h9,11-14H,3-8H2,1-2H3. The van der Waals surface area contributed by atoms with Crippen LogP contribution < -0.4 is 5.32 Å². The quantitative estimate of drug-likeness (QED) is 0.279. The Bertz CT molecular complexity index is 153. The zero-order valence-corrected chi connectivity index (χ0v) is 9.98. The van der Waals surface area contributed by atoms with Gasteiger partial charge in [-0.15, -0.1) is 0 Å². The second kappa shape index (κ2) is 8.86. The van der Waals surface area contributed by atoms with Crippen LogP contribution in [0.2, 0.25) is 0 Å². The second-order valence-electron chi connectivity index (χ2n) is 3.90. The summed E-state index contributed by atoms with van der Waals surface area (Å²) in [5.41, 5.74) is -1.08. The maximum absolute atomic E-state index is 8.99. The molecule has 0 fully saturated rings. The minimum Gasteiger partial charge on any atom is -0.394 e. The third-order valence-corrected chi connectivity index (χ3v) is 2.14. The van der Waals surface area contributed by atoms with Gasteiger partial charge in [-0.25, -0.2) is 0 Å². The first kappa shape index (κ1) is 15.8. The Hall–Kier alpha value is -0.240. The van der Waals surface area contributed by atoms with Crippen LogP contribution in [0.1, 0.15) is 13.8 Å². The van der Waals surface area contributed by atoms with E-state index in [9.17, 15) is 0 Å². The lowest BCUT2D eigenvalue weighted by Crippen LogP contribution is -2.55. The van der Waals surface area contributed by atoms with Crippen molar-refractivity contribution in [1.82, 2.24) is 5.32 Å². The predicted molar refractivity (Wildman–Crippen MR) is 59.0 cm³/mol. The number of aliphatic hydroxyl groups is 3. The van der Waals surface area contributed by atoms with E-state index in [1.54, 1.807) is 0 Å². The molecule has 0 aliphatic carbocycles. The van der Waals surface area contributed by atoms with Crippen molar-refractivity contribution in [3.63, 3.8) is 0 Å². The van der Waals surface area contributed by atoms with Gasteiger partial charge in [0.2, 0.25) is 0 Å². The van der Waals surface area contributed by atoms with Gasteiger partial charge in [0.25, 0.3) is 0 Å². The van der Waals surface area contributed by atoms with E-state index in [-0.39, 0.29) is 32.7 Å². The van der Waals surface area contributed by atoms with Gasteiger partial charge < -0.3 is 24.8 Å². The number of aliphatic hydroxyl groups excluding tert-OH is 3. The predicted octanol–water partition coefficient (Wildman–Crippen LogP) is -1.31. The number of hydrogen-bond acceptors (Lipinski definition) is 6. The fraction of sp³-hybridized carbons (Fsp3) is 1.00. The van der Waals surface area contributed by atoms with Gasteiger partial charge in [0.05, 0.1) is 51.4 Å². The summed E-state index contributed by atoms with van der Waals surface area (Å²) in [4.78, 5) is 0. The van der Waals surface area contributed by atoms with Gasteiger partial charge in [-0.05, 0) is 13.8 Å². The van der Waals surface area contributed by atoms with Crippen LogP contribution in [0.4, 0.5) is 0 Å². The zero-order valence-electron chi connectivity index (χ0n) is 9.98. The molecule has 0 saturated heterocycles. The van der Waals surface area contributed by atoms with Crippen molar-refractivity contribution in [2.75, 3.05) is 39.8 Å². The molecule has 4 N–H and O–H groups in total. The molecule has 6 heteroatoms. The average Bonchev–Trinajstić information content (AvgIpc) is 2.29. The molecule has 0 spiro atoms. The molecule has 0 aliphatic rings. The van der Waals surface area contributed by atoms with Crippen LogP contribution in [0.25, 0.3) is 0 Å². The topological polar surface area (TPSA) is 91.2 Å². The van der Waals surface area contributed by atoms with Gasteiger partial charge in [-0.3, -0.25) is 5.32 Å². The maximum Gasteiger partial charge on any atom is 0.0972 e. The van der Waals surface area contributed by atoms with Crippen molar-refractivity contribution in [1.29, 1.82) is 0 Å². The fourth-order valence-corrected chi connectivity index (χ4v) is 0.937. The van der Waals surface area contributed by atoms with Gasteiger partial charge in [0.1, 0.15) is 0 Å². The first-order valence-electron chi connectivity index (χ1n) is 5.37. The summed E-state index contributed by atoms with van der Waals surface area (Å²) in [6.07, 6.45) is 0.169. The third kappa shape index (κ3) is 6.37. The monoisotopic (exact) mass is 237 g/mol. The summed E-state index contributed by atoms with van der Waals surface area (Å²) in [5.74, 6) is 0. The van der Waals surface area contributed by atoms with Crippen molar-refractivity contribution in [3.05, 3.63) is 0 Å². The van der Waals surface area contributed by atoms with E-state index in [0.29, 0.717) is 13.2 Å². The van der Waals surface area contributed by atoms with E-state index in [1.807, 2.05) is 13.8 Å². The zero-order chi connectivity index (χ0) is 12.4. The number of rotatable bonds is 10.